The highest BCUT2D eigenvalue weighted by atomic mass is 35.5. The number of aryl methyl sites for hydroxylation is 1. The lowest BCUT2D eigenvalue weighted by Crippen LogP contribution is -2.56. The third-order valence-electron chi connectivity index (χ3n) is 7.33. The molecule has 0 radical (unpaired) electrons. The molecule has 3 amide bonds. The Labute approximate surface area is 262 Å². The summed E-state index contributed by atoms with van der Waals surface area (Å²) in [6, 6.07) is 20.9. The van der Waals surface area contributed by atoms with Gasteiger partial charge in [-0.2, -0.15) is 0 Å². The van der Waals surface area contributed by atoms with Gasteiger partial charge in [0.05, 0.1) is 11.4 Å². The van der Waals surface area contributed by atoms with Crippen LogP contribution in [-0.4, -0.2) is 61.1 Å². The van der Waals surface area contributed by atoms with E-state index in [4.69, 9.17) is 16.3 Å². The molecule has 0 bridgehead atoms. The fourth-order valence-electron chi connectivity index (χ4n) is 4.81. The van der Waals surface area contributed by atoms with Gasteiger partial charge < -0.3 is 25.2 Å². The van der Waals surface area contributed by atoms with E-state index >= 15 is 0 Å². The van der Waals surface area contributed by atoms with Crippen molar-refractivity contribution < 1.29 is 23.9 Å². The molecule has 0 unspecified atom stereocenters. The Kier molecular flexibility index (Phi) is 11.2. The second-order valence-corrected chi connectivity index (χ2v) is 11.3. The van der Waals surface area contributed by atoms with Crippen LogP contribution in [0.4, 0.5) is 11.4 Å². The van der Waals surface area contributed by atoms with E-state index in [1.54, 1.807) is 41.3 Å². The molecule has 0 aromatic heterocycles. The topological polar surface area (TPSA) is 108 Å². The number of carbonyl (C=O) groups is 4. The van der Waals surface area contributed by atoms with Crippen LogP contribution < -0.4 is 20.3 Å². The summed E-state index contributed by atoms with van der Waals surface area (Å²) < 4.78 is 5.79. The lowest BCUT2D eigenvalue weighted by Gasteiger charge is -2.38. The SMILES string of the molecule is Cc1ccccc1O/C(=C\C=O)C(=O)N[C@@H](Cc1ccc(Cl)cc1)C(=O)N1CCN(c2ccccc2NC(=O)C(C)C)CC1. The van der Waals surface area contributed by atoms with E-state index in [1.165, 1.54) is 0 Å². The molecule has 9 nitrogen and oxygen atoms in total. The maximum absolute atomic E-state index is 13.9. The number of carbonyl (C=O) groups excluding carboxylic acids is 4. The number of ether oxygens (including phenoxy) is 1. The van der Waals surface area contributed by atoms with Crippen molar-refractivity contribution >= 4 is 47.0 Å². The van der Waals surface area contributed by atoms with Gasteiger partial charge in [0.25, 0.3) is 5.91 Å². The largest absolute Gasteiger partial charge is 0.451 e. The first-order valence-electron chi connectivity index (χ1n) is 14.5. The summed E-state index contributed by atoms with van der Waals surface area (Å²) in [5, 5.41) is 6.36. The van der Waals surface area contributed by atoms with Gasteiger partial charge in [0.15, 0.2) is 5.76 Å². The van der Waals surface area contributed by atoms with E-state index in [0.29, 0.717) is 43.2 Å². The molecule has 1 saturated heterocycles. The molecule has 44 heavy (non-hydrogen) atoms. The average molecular weight is 617 g/mol. The highest BCUT2D eigenvalue weighted by Crippen LogP contribution is 2.27. The number of piperazine rings is 1. The molecule has 0 spiro atoms. The minimum absolute atomic E-state index is 0.0681. The zero-order valence-electron chi connectivity index (χ0n) is 25.1. The van der Waals surface area contributed by atoms with Crippen molar-refractivity contribution in [3.63, 3.8) is 0 Å². The van der Waals surface area contributed by atoms with Crippen LogP contribution in [0.2, 0.25) is 5.02 Å². The predicted octanol–water partition coefficient (Wildman–Crippen LogP) is 4.78. The van der Waals surface area contributed by atoms with Crippen LogP contribution in [0.3, 0.4) is 0 Å². The van der Waals surface area contributed by atoms with Crippen LogP contribution in [0.25, 0.3) is 0 Å². The summed E-state index contributed by atoms with van der Waals surface area (Å²) in [5.74, 6) is -0.946. The molecule has 1 atom stereocenters. The van der Waals surface area contributed by atoms with Gasteiger partial charge >= 0.3 is 0 Å². The summed E-state index contributed by atoms with van der Waals surface area (Å²) in [6.45, 7) is 7.41. The van der Waals surface area contributed by atoms with Gasteiger partial charge in [0.2, 0.25) is 11.8 Å². The number of para-hydroxylation sites is 3. The Morgan fingerprint density at radius 3 is 2.25 bits per heavy atom. The number of aldehydes is 1. The van der Waals surface area contributed by atoms with E-state index in [-0.39, 0.29) is 29.9 Å². The van der Waals surface area contributed by atoms with Crippen molar-refractivity contribution in [2.45, 2.75) is 33.2 Å². The molecular weight excluding hydrogens is 580 g/mol. The molecule has 0 saturated carbocycles. The number of amides is 3. The van der Waals surface area contributed by atoms with Crippen LogP contribution in [-0.2, 0) is 25.6 Å². The van der Waals surface area contributed by atoms with Gasteiger partial charge in [0.1, 0.15) is 18.1 Å². The molecule has 1 aliphatic heterocycles. The zero-order chi connectivity index (χ0) is 31.6. The molecule has 1 heterocycles. The standard InChI is InChI=1S/C34H37ClN4O5/c1-23(2)32(41)36-27-9-5-6-10-29(27)38-17-19-39(20-18-38)34(43)28(22-25-12-14-26(35)15-13-25)37-33(42)31(16-21-40)44-30-11-7-4-8-24(30)3/h4-16,21,23,28H,17-20,22H2,1-3H3,(H,36,41)(H,37,42)/b31-16-/t28-/m0/s1. The molecule has 0 aliphatic carbocycles. The highest BCUT2D eigenvalue weighted by molar-refractivity contribution is 6.30. The zero-order valence-corrected chi connectivity index (χ0v) is 25.8. The second-order valence-electron chi connectivity index (χ2n) is 10.9. The van der Waals surface area contributed by atoms with Crippen molar-refractivity contribution in [2.75, 3.05) is 36.4 Å². The average Bonchev–Trinajstić information content (AvgIpc) is 3.02. The summed E-state index contributed by atoms with van der Waals surface area (Å²) >= 11 is 6.07. The van der Waals surface area contributed by atoms with Crippen LogP contribution in [0.15, 0.2) is 84.6 Å². The number of halogens is 1. The van der Waals surface area contributed by atoms with E-state index in [1.807, 2.05) is 57.2 Å². The summed E-state index contributed by atoms with van der Waals surface area (Å²) in [5.41, 5.74) is 3.20. The second kappa shape index (κ2) is 15.2. The minimum Gasteiger partial charge on any atom is -0.451 e. The fraction of sp³-hybridized carbons (Fsp3) is 0.294. The molecule has 3 aromatic rings. The number of hydrogen-bond acceptors (Lipinski definition) is 6. The summed E-state index contributed by atoms with van der Waals surface area (Å²) in [4.78, 5) is 54.9. The smallest absolute Gasteiger partial charge is 0.287 e. The Balaban J connectivity index is 1.50. The van der Waals surface area contributed by atoms with Gasteiger partial charge in [0, 0.05) is 49.6 Å². The first-order chi connectivity index (χ1) is 21.2. The number of rotatable bonds is 11. The lowest BCUT2D eigenvalue weighted by atomic mass is 10.0. The van der Waals surface area contributed by atoms with Crippen molar-refractivity contribution in [2.24, 2.45) is 5.92 Å². The van der Waals surface area contributed by atoms with E-state index in [2.05, 4.69) is 15.5 Å². The third kappa shape index (κ3) is 8.48. The van der Waals surface area contributed by atoms with Gasteiger partial charge in [-0.25, -0.2) is 0 Å². The number of allylic oxidation sites excluding steroid dienone is 1. The fourth-order valence-corrected chi connectivity index (χ4v) is 4.94. The molecule has 1 aliphatic rings. The third-order valence-corrected chi connectivity index (χ3v) is 7.58. The van der Waals surface area contributed by atoms with Gasteiger partial charge in [-0.15, -0.1) is 0 Å². The molecule has 10 heteroatoms. The number of nitrogens with zero attached hydrogens (tertiary/aromatic N) is 2. The Morgan fingerprint density at radius 1 is 0.932 bits per heavy atom. The van der Waals surface area contributed by atoms with Crippen LogP contribution in [0.1, 0.15) is 25.0 Å². The summed E-state index contributed by atoms with van der Waals surface area (Å²) in [7, 11) is 0. The maximum Gasteiger partial charge on any atom is 0.287 e. The van der Waals surface area contributed by atoms with Crippen molar-refractivity contribution in [3.8, 4) is 5.75 Å². The number of nitrogens with one attached hydrogen (secondary N) is 2. The van der Waals surface area contributed by atoms with Crippen LogP contribution >= 0.6 is 11.6 Å². The first-order valence-corrected chi connectivity index (χ1v) is 14.9. The minimum atomic E-state index is -0.927. The Morgan fingerprint density at radius 2 is 1.59 bits per heavy atom. The number of benzene rings is 3. The normalized spacial score (nSPS) is 14.2. The van der Waals surface area contributed by atoms with Gasteiger partial charge in [-0.3, -0.25) is 19.2 Å². The quantitative estimate of drug-likeness (QED) is 0.182. The molecule has 3 aromatic carbocycles. The van der Waals surface area contributed by atoms with Crippen LogP contribution in [0, 0.1) is 12.8 Å². The number of hydrogen-bond donors (Lipinski definition) is 2. The molecule has 230 valence electrons. The van der Waals surface area contributed by atoms with E-state index < -0.39 is 11.9 Å². The Hall–Kier alpha value is -4.63. The Bertz CT molecular complexity index is 1510. The monoisotopic (exact) mass is 616 g/mol. The van der Waals surface area contributed by atoms with Crippen molar-refractivity contribution in [1.82, 2.24) is 10.2 Å². The lowest BCUT2D eigenvalue weighted by molar-refractivity contribution is -0.136. The maximum atomic E-state index is 13.9. The number of anilines is 2. The molecule has 4 rings (SSSR count). The van der Waals surface area contributed by atoms with Crippen molar-refractivity contribution in [3.05, 3.63) is 101 Å². The predicted molar refractivity (Wildman–Crippen MR) is 172 cm³/mol. The first kappa shape index (κ1) is 32.3. The van der Waals surface area contributed by atoms with Crippen molar-refractivity contribution in [1.29, 1.82) is 0 Å². The molecular formula is C34H37ClN4O5. The van der Waals surface area contributed by atoms with E-state index in [0.717, 1.165) is 28.6 Å². The molecule has 1 fully saturated rings. The van der Waals surface area contributed by atoms with E-state index in [9.17, 15) is 19.2 Å². The van der Waals surface area contributed by atoms with Crippen LogP contribution in [0.5, 0.6) is 5.75 Å². The highest BCUT2D eigenvalue weighted by Gasteiger charge is 2.31. The van der Waals surface area contributed by atoms with Gasteiger partial charge in [-0.05, 0) is 48.4 Å². The summed E-state index contributed by atoms with van der Waals surface area (Å²) in [6.07, 6.45) is 1.73. The van der Waals surface area contributed by atoms with Gasteiger partial charge in [-0.1, -0.05) is 67.9 Å². The molecule has 2 N–H and O–H groups in total.